The van der Waals surface area contributed by atoms with Gasteiger partial charge in [-0.25, -0.2) is 4.98 Å². The first-order valence-electron chi connectivity index (χ1n) is 10.4. The van der Waals surface area contributed by atoms with E-state index >= 15 is 0 Å². The van der Waals surface area contributed by atoms with E-state index in [-0.39, 0.29) is 5.91 Å². The summed E-state index contributed by atoms with van der Waals surface area (Å²) in [4.78, 5) is 17.0. The van der Waals surface area contributed by atoms with Gasteiger partial charge in [0.25, 0.3) is 5.91 Å². The van der Waals surface area contributed by atoms with Gasteiger partial charge < -0.3 is 19.4 Å². The minimum atomic E-state index is -0.226. The fourth-order valence-electron chi connectivity index (χ4n) is 3.33. The first-order valence-corrected chi connectivity index (χ1v) is 10.8. The summed E-state index contributed by atoms with van der Waals surface area (Å²) in [5.41, 5.74) is 3.30. The lowest BCUT2D eigenvalue weighted by atomic mass is 10.1. The van der Waals surface area contributed by atoms with Crippen LogP contribution in [0.5, 0.6) is 11.5 Å². The van der Waals surface area contributed by atoms with Gasteiger partial charge in [0.1, 0.15) is 12.4 Å². The average Bonchev–Trinajstić information content (AvgIpc) is 3.24. The van der Waals surface area contributed by atoms with E-state index in [0.717, 1.165) is 23.5 Å². The van der Waals surface area contributed by atoms with Crippen molar-refractivity contribution in [1.29, 1.82) is 0 Å². The smallest absolute Gasteiger partial charge is 0.255 e. The van der Waals surface area contributed by atoms with Crippen LogP contribution in [0.15, 0.2) is 79.1 Å². The fraction of sp³-hybridized carbons (Fsp3) is 0.154. The number of halogens is 1. The van der Waals surface area contributed by atoms with Crippen LogP contribution < -0.4 is 14.8 Å². The zero-order valence-electron chi connectivity index (χ0n) is 18.4. The predicted octanol–water partition coefficient (Wildman–Crippen LogP) is 5.73. The van der Waals surface area contributed by atoms with Crippen molar-refractivity contribution in [2.24, 2.45) is 0 Å². The lowest BCUT2D eigenvalue weighted by Gasteiger charge is -2.13. The Balaban J connectivity index is 1.39. The zero-order valence-corrected chi connectivity index (χ0v) is 19.2. The molecule has 0 unspecified atom stereocenters. The van der Waals surface area contributed by atoms with Crippen LogP contribution in [0.3, 0.4) is 0 Å². The SMILES string of the molecule is COc1cc(C(=O)Nc2ccc(Cn3ccnc3C)cc2)ccc1OCc1ccc(Cl)cc1. The van der Waals surface area contributed by atoms with Gasteiger partial charge in [0.2, 0.25) is 0 Å². The van der Waals surface area contributed by atoms with Crippen LogP contribution in [0.25, 0.3) is 0 Å². The van der Waals surface area contributed by atoms with E-state index < -0.39 is 0 Å². The third-order valence-electron chi connectivity index (χ3n) is 5.22. The molecular formula is C26H24ClN3O3. The lowest BCUT2D eigenvalue weighted by Crippen LogP contribution is -2.12. The second kappa shape index (κ2) is 10.2. The van der Waals surface area contributed by atoms with Crippen molar-refractivity contribution in [3.05, 3.63) is 107 Å². The molecule has 0 aliphatic heterocycles. The van der Waals surface area contributed by atoms with Crippen LogP contribution in [0.2, 0.25) is 5.02 Å². The summed E-state index contributed by atoms with van der Waals surface area (Å²) >= 11 is 5.92. The molecule has 0 spiro atoms. The van der Waals surface area contributed by atoms with Gasteiger partial charge in [0, 0.05) is 35.2 Å². The molecule has 0 fully saturated rings. The number of nitrogens with zero attached hydrogens (tertiary/aromatic N) is 2. The average molecular weight is 462 g/mol. The largest absolute Gasteiger partial charge is 0.493 e. The van der Waals surface area contributed by atoms with E-state index in [1.807, 2.05) is 61.7 Å². The van der Waals surface area contributed by atoms with Crippen molar-refractivity contribution >= 4 is 23.2 Å². The number of imidazole rings is 1. The maximum absolute atomic E-state index is 12.8. The number of aryl methyl sites for hydroxylation is 1. The molecule has 1 amide bonds. The topological polar surface area (TPSA) is 65.4 Å². The van der Waals surface area contributed by atoms with E-state index in [2.05, 4.69) is 14.9 Å². The maximum atomic E-state index is 12.8. The standard InChI is InChI=1S/C26H24ClN3O3/c1-18-28-13-14-30(18)16-19-5-10-23(11-6-19)29-26(31)21-7-12-24(25(15-21)32-2)33-17-20-3-8-22(27)9-4-20/h3-15H,16-17H2,1-2H3,(H,29,31). The van der Waals surface area contributed by atoms with Crippen molar-refractivity contribution in [2.45, 2.75) is 20.1 Å². The van der Waals surface area contributed by atoms with Gasteiger partial charge in [-0.1, -0.05) is 35.9 Å². The number of hydrogen-bond acceptors (Lipinski definition) is 4. The molecule has 7 heteroatoms. The molecule has 33 heavy (non-hydrogen) atoms. The number of aromatic nitrogens is 2. The molecule has 1 heterocycles. The highest BCUT2D eigenvalue weighted by atomic mass is 35.5. The zero-order chi connectivity index (χ0) is 23.2. The summed E-state index contributed by atoms with van der Waals surface area (Å²) in [6.07, 6.45) is 3.73. The van der Waals surface area contributed by atoms with Crippen molar-refractivity contribution in [2.75, 3.05) is 12.4 Å². The number of benzene rings is 3. The summed E-state index contributed by atoms with van der Waals surface area (Å²) < 4.78 is 13.4. The van der Waals surface area contributed by atoms with Crippen LogP contribution >= 0.6 is 11.6 Å². The number of amides is 1. The van der Waals surface area contributed by atoms with Crippen LogP contribution in [-0.4, -0.2) is 22.6 Å². The van der Waals surface area contributed by atoms with E-state index in [4.69, 9.17) is 21.1 Å². The first kappa shape index (κ1) is 22.4. The fourth-order valence-corrected chi connectivity index (χ4v) is 3.46. The molecule has 4 aromatic rings. The molecule has 0 saturated carbocycles. The second-order valence-electron chi connectivity index (χ2n) is 7.53. The van der Waals surface area contributed by atoms with E-state index in [9.17, 15) is 4.79 Å². The molecular weight excluding hydrogens is 438 g/mol. The van der Waals surface area contributed by atoms with Crippen molar-refractivity contribution in [1.82, 2.24) is 9.55 Å². The van der Waals surface area contributed by atoms with E-state index in [1.54, 1.807) is 31.5 Å². The van der Waals surface area contributed by atoms with Crippen LogP contribution in [0.1, 0.15) is 27.3 Å². The van der Waals surface area contributed by atoms with E-state index in [1.165, 1.54) is 0 Å². The highest BCUT2D eigenvalue weighted by Crippen LogP contribution is 2.29. The van der Waals surface area contributed by atoms with Crippen molar-refractivity contribution in [3.63, 3.8) is 0 Å². The molecule has 168 valence electrons. The minimum absolute atomic E-state index is 0.226. The highest BCUT2D eigenvalue weighted by Gasteiger charge is 2.12. The van der Waals surface area contributed by atoms with Crippen LogP contribution in [0, 0.1) is 6.92 Å². The predicted molar refractivity (Wildman–Crippen MR) is 129 cm³/mol. The summed E-state index contributed by atoms with van der Waals surface area (Å²) in [6, 6.07) is 20.3. The molecule has 6 nitrogen and oxygen atoms in total. The van der Waals surface area contributed by atoms with Gasteiger partial charge in [0.05, 0.1) is 7.11 Å². The Kier molecular flexibility index (Phi) is 6.95. The molecule has 1 N–H and O–H groups in total. The Morgan fingerprint density at radius 1 is 1.00 bits per heavy atom. The summed E-state index contributed by atoms with van der Waals surface area (Å²) in [6.45, 7) is 3.07. The van der Waals surface area contributed by atoms with Crippen LogP contribution in [-0.2, 0) is 13.2 Å². The van der Waals surface area contributed by atoms with Gasteiger partial charge in [-0.15, -0.1) is 0 Å². The molecule has 0 atom stereocenters. The molecule has 0 aliphatic carbocycles. The van der Waals surface area contributed by atoms with Crippen LogP contribution in [0.4, 0.5) is 5.69 Å². The Labute approximate surface area is 197 Å². The number of carbonyl (C=O) groups is 1. The van der Waals surface area contributed by atoms with Crippen molar-refractivity contribution in [3.8, 4) is 11.5 Å². The number of methoxy groups -OCH3 is 1. The lowest BCUT2D eigenvalue weighted by molar-refractivity contribution is 0.102. The van der Waals surface area contributed by atoms with Crippen molar-refractivity contribution < 1.29 is 14.3 Å². The number of carbonyl (C=O) groups excluding carboxylic acids is 1. The van der Waals surface area contributed by atoms with Gasteiger partial charge in [-0.2, -0.15) is 0 Å². The summed E-state index contributed by atoms with van der Waals surface area (Å²) in [5, 5.41) is 3.60. The van der Waals surface area contributed by atoms with Gasteiger partial charge in [-0.05, 0) is 60.5 Å². The third-order valence-corrected chi connectivity index (χ3v) is 5.47. The highest BCUT2D eigenvalue weighted by molar-refractivity contribution is 6.30. The Hall–Kier alpha value is -3.77. The number of nitrogens with one attached hydrogen (secondary N) is 1. The maximum Gasteiger partial charge on any atom is 0.255 e. The Morgan fingerprint density at radius 2 is 1.73 bits per heavy atom. The monoisotopic (exact) mass is 461 g/mol. The molecule has 0 saturated heterocycles. The molecule has 1 aromatic heterocycles. The molecule has 4 rings (SSSR count). The van der Waals surface area contributed by atoms with E-state index in [0.29, 0.717) is 34.4 Å². The second-order valence-corrected chi connectivity index (χ2v) is 7.97. The number of hydrogen-bond donors (Lipinski definition) is 1. The Bertz CT molecular complexity index is 1230. The molecule has 0 bridgehead atoms. The first-order chi connectivity index (χ1) is 16.0. The Morgan fingerprint density at radius 3 is 2.39 bits per heavy atom. The number of ether oxygens (including phenoxy) is 2. The molecule has 3 aromatic carbocycles. The number of rotatable bonds is 8. The minimum Gasteiger partial charge on any atom is -0.493 e. The van der Waals surface area contributed by atoms with Gasteiger partial charge in [-0.3, -0.25) is 4.79 Å². The van der Waals surface area contributed by atoms with Gasteiger partial charge >= 0.3 is 0 Å². The normalized spacial score (nSPS) is 10.6. The molecule has 0 aliphatic rings. The summed E-state index contributed by atoms with van der Waals surface area (Å²) in [7, 11) is 1.55. The third kappa shape index (κ3) is 5.73. The molecule has 0 radical (unpaired) electrons. The summed E-state index contributed by atoms with van der Waals surface area (Å²) in [5.74, 6) is 1.78. The number of anilines is 1. The van der Waals surface area contributed by atoms with Gasteiger partial charge in [0.15, 0.2) is 11.5 Å². The quantitative estimate of drug-likeness (QED) is 0.363.